The van der Waals surface area contributed by atoms with Gasteiger partial charge in [-0.2, -0.15) is 0 Å². The minimum atomic E-state index is -0.833. The van der Waals surface area contributed by atoms with E-state index in [-0.39, 0.29) is 5.91 Å². The van der Waals surface area contributed by atoms with Gasteiger partial charge in [0, 0.05) is 31.2 Å². The van der Waals surface area contributed by atoms with Crippen LogP contribution in [0, 0.1) is 0 Å². The standard InChI is InChI=1S/C14H18ClN5OS.C2H4O2/c1-16-9-12-18-19-14(22-7-6-13(21)17-2)20(12)11-5-3-4-10(15)8-11;1-2(3)4/h3-5,8,16H,6-7,9H2,1-2H3,(H,17,21);1H3,(H,3,4). The second-order valence-electron chi connectivity index (χ2n) is 5.04. The van der Waals surface area contributed by atoms with Gasteiger partial charge in [0.1, 0.15) is 0 Å². The molecular weight excluding hydrogens is 378 g/mol. The molecule has 10 heteroatoms. The lowest BCUT2D eigenvalue weighted by molar-refractivity contribution is -0.134. The van der Waals surface area contributed by atoms with Gasteiger partial charge in [0.25, 0.3) is 5.97 Å². The highest BCUT2D eigenvalue weighted by Crippen LogP contribution is 2.24. The Morgan fingerprint density at radius 2 is 2.00 bits per heavy atom. The van der Waals surface area contributed by atoms with Gasteiger partial charge in [0.2, 0.25) is 5.91 Å². The molecular formula is C16H22ClN5O3S. The Balaban J connectivity index is 0.000000765. The Morgan fingerprint density at radius 3 is 2.58 bits per heavy atom. The number of nitrogens with zero attached hydrogens (tertiary/aromatic N) is 3. The molecule has 2 aromatic rings. The molecule has 1 aromatic heterocycles. The summed E-state index contributed by atoms with van der Waals surface area (Å²) in [6.07, 6.45) is 0.435. The number of carboxylic acid groups (broad SMARTS) is 1. The van der Waals surface area contributed by atoms with Gasteiger partial charge >= 0.3 is 0 Å². The smallest absolute Gasteiger partial charge is 0.300 e. The van der Waals surface area contributed by atoms with E-state index in [0.29, 0.717) is 23.7 Å². The third-order valence-corrected chi connectivity index (χ3v) is 4.11. The van der Waals surface area contributed by atoms with Crippen LogP contribution in [0.15, 0.2) is 29.4 Å². The topological polar surface area (TPSA) is 109 Å². The summed E-state index contributed by atoms with van der Waals surface area (Å²) in [5.74, 6) is 0.613. The fraction of sp³-hybridized carbons (Fsp3) is 0.375. The highest BCUT2D eigenvalue weighted by molar-refractivity contribution is 7.99. The second kappa shape index (κ2) is 11.5. The molecule has 3 N–H and O–H groups in total. The fourth-order valence-corrected chi connectivity index (χ4v) is 2.99. The summed E-state index contributed by atoms with van der Waals surface area (Å²) in [5, 5.41) is 22.9. The number of thioether (sulfide) groups is 1. The lowest BCUT2D eigenvalue weighted by Gasteiger charge is -2.10. The molecule has 0 aliphatic carbocycles. The first-order valence-electron chi connectivity index (χ1n) is 7.76. The average molecular weight is 400 g/mol. The number of hydrogen-bond donors (Lipinski definition) is 3. The maximum Gasteiger partial charge on any atom is 0.300 e. The largest absolute Gasteiger partial charge is 0.481 e. The van der Waals surface area contributed by atoms with Crippen LogP contribution in [0.25, 0.3) is 5.69 Å². The van der Waals surface area contributed by atoms with Crippen molar-refractivity contribution in [3.8, 4) is 5.69 Å². The molecule has 0 aliphatic rings. The highest BCUT2D eigenvalue weighted by Gasteiger charge is 2.14. The van der Waals surface area contributed by atoms with Crippen LogP contribution >= 0.6 is 23.4 Å². The van der Waals surface area contributed by atoms with Crippen LogP contribution in [0.5, 0.6) is 0 Å². The zero-order chi connectivity index (χ0) is 19.5. The molecule has 142 valence electrons. The molecule has 0 fully saturated rings. The molecule has 0 atom stereocenters. The molecule has 0 saturated heterocycles. The Bertz CT molecular complexity index is 734. The predicted octanol–water partition coefficient (Wildman–Crippen LogP) is 1.96. The number of carbonyl (C=O) groups is 2. The van der Waals surface area contributed by atoms with Gasteiger partial charge in [-0.15, -0.1) is 10.2 Å². The molecule has 0 saturated carbocycles. The molecule has 8 nitrogen and oxygen atoms in total. The SMILES string of the molecule is CC(=O)O.CNCc1nnc(SCCC(=O)NC)n1-c1cccc(Cl)c1. The van der Waals surface area contributed by atoms with Crippen LogP contribution in [-0.2, 0) is 16.1 Å². The Hall–Kier alpha value is -2.10. The second-order valence-corrected chi connectivity index (χ2v) is 6.53. The molecule has 1 aromatic carbocycles. The summed E-state index contributed by atoms with van der Waals surface area (Å²) >= 11 is 7.57. The number of amides is 1. The van der Waals surface area contributed by atoms with Crippen LogP contribution in [0.3, 0.4) is 0 Å². The first-order chi connectivity index (χ1) is 12.4. The fourth-order valence-electron chi connectivity index (χ4n) is 1.90. The number of halogens is 1. The number of benzene rings is 1. The lowest BCUT2D eigenvalue weighted by atomic mass is 10.3. The summed E-state index contributed by atoms with van der Waals surface area (Å²) in [6, 6.07) is 7.54. The van der Waals surface area contributed by atoms with E-state index in [9.17, 15) is 4.79 Å². The van der Waals surface area contributed by atoms with E-state index in [4.69, 9.17) is 21.5 Å². The molecule has 0 aliphatic heterocycles. The van der Waals surface area contributed by atoms with Crippen LogP contribution in [-0.4, -0.2) is 51.6 Å². The van der Waals surface area contributed by atoms with Crippen LogP contribution in [0.2, 0.25) is 5.02 Å². The third kappa shape index (κ3) is 7.42. The first kappa shape index (κ1) is 21.9. The van der Waals surface area contributed by atoms with Gasteiger partial charge in [0.05, 0.1) is 12.2 Å². The van der Waals surface area contributed by atoms with Crippen molar-refractivity contribution in [2.24, 2.45) is 0 Å². The third-order valence-electron chi connectivity index (χ3n) is 2.94. The zero-order valence-electron chi connectivity index (χ0n) is 14.8. The normalized spacial score (nSPS) is 10.0. The van der Waals surface area contributed by atoms with Crippen molar-refractivity contribution < 1.29 is 14.7 Å². The molecule has 0 spiro atoms. The van der Waals surface area contributed by atoms with E-state index in [1.165, 1.54) is 11.8 Å². The van der Waals surface area contributed by atoms with Crippen LogP contribution < -0.4 is 10.6 Å². The van der Waals surface area contributed by atoms with Crippen molar-refractivity contribution in [2.75, 3.05) is 19.8 Å². The van der Waals surface area contributed by atoms with Crippen molar-refractivity contribution in [3.05, 3.63) is 35.1 Å². The maximum absolute atomic E-state index is 11.3. The first-order valence-corrected chi connectivity index (χ1v) is 9.13. The Morgan fingerprint density at radius 1 is 1.31 bits per heavy atom. The Labute approximate surface area is 161 Å². The van der Waals surface area contributed by atoms with Crippen molar-refractivity contribution in [3.63, 3.8) is 0 Å². The lowest BCUT2D eigenvalue weighted by Crippen LogP contribution is -2.18. The molecule has 0 radical (unpaired) electrons. The Kier molecular flexibility index (Phi) is 9.71. The molecule has 1 heterocycles. The van der Waals surface area contributed by atoms with Crippen LogP contribution in [0.4, 0.5) is 0 Å². The quantitative estimate of drug-likeness (QED) is 0.610. The summed E-state index contributed by atoms with van der Waals surface area (Å²) in [7, 11) is 3.49. The number of nitrogens with one attached hydrogen (secondary N) is 2. The van der Waals surface area contributed by atoms with Gasteiger partial charge < -0.3 is 15.7 Å². The van der Waals surface area contributed by atoms with Gasteiger partial charge in [-0.1, -0.05) is 29.4 Å². The summed E-state index contributed by atoms with van der Waals surface area (Å²) in [6.45, 7) is 1.68. The minimum Gasteiger partial charge on any atom is -0.481 e. The van der Waals surface area contributed by atoms with Crippen molar-refractivity contribution >= 4 is 35.2 Å². The van der Waals surface area contributed by atoms with Crippen LogP contribution in [0.1, 0.15) is 19.2 Å². The van der Waals surface area contributed by atoms with E-state index in [2.05, 4.69) is 20.8 Å². The average Bonchev–Trinajstić information content (AvgIpc) is 2.97. The summed E-state index contributed by atoms with van der Waals surface area (Å²) in [5.41, 5.74) is 0.908. The molecule has 0 bridgehead atoms. The zero-order valence-corrected chi connectivity index (χ0v) is 16.4. The molecule has 0 unspecified atom stereocenters. The van der Waals surface area contributed by atoms with E-state index in [0.717, 1.165) is 23.6 Å². The summed E-state index contributed by atoms with van der Waals surface area (Å²) < 4.78 is 1.96. The van der Waals surface area contributed by atoms with Gasteiger partial charge in [0.15, 0.2) is 11.0 Å². The monoisotopic (exact) mass is 399 g/mol. The number of carboxylic acids is 1. The summed E-state index contributed by atoms with van der Waals surface area (Å²) in [4.78, 5) is 20.3. The molecule has 1 amide bonds. The van der Waals surface area contributed by atoms with E-state index >= 15 is 0 Å². The van der Waals surface area contributed by atoms with Gasteiger partial charge in [-0.05, 0) is 25.2 Å². The maximum atomic E-state index is 11.3. The van der Waals surface area contributed by atoms with Gasteiger partial charge in [-0.3, -0.25) is 14.2 Å². The number of carbonyl (C=O) groups excluding carboxylic acids is 1. The van der Waals surface area contributed by atoms with E-state index in [1.807, 2.05) is 35.9 Å². The van der Waals surface area contributed by atoms with E-state index < -0.39 is 5.97 Å². The number of hydrogen-bond acceptors (Lipinski definition) is 6. The number of aromatic nitrogens is 3. The molecule has 2 rings (SSSR count). The van der Waals surface area contributed by atoms with Crippen molar-refractivity contribution in [2.45, 2.75) is 25.0 Å². The van der Waals surface area contributed by atoms with Crippen molar-refractivity contribution in [1.82, 2.24) is 25.4 Å². The number of aliphatic carboxylic acids is 1. The van der Waals surface area contributed by atoms with E-state index in [1.54, 1.807) is 7.05 Å². The highest BCUT2D eigenvalue weighted by atomic mass is 35.5. The molecule has 26 heavy (non-hydrogen) atoms. The van der Waals surface area contributed by atoms with Gasteiger partial charge in [-0.25, -0.2) is 0 Å². The number of rotatable bonds is 7. The van der Waals surface area contributed by atoms with Crippen molar-refractivity contribution in [1.29, 1.82) is 0 Å². The predicted molar refractivity (Wildman–Crippen MR) is 102 cm³/mol. The minimum absolute atomic E-state index is 0.0109.